The highest BCUT2D eigenvalue weighted by atomic mass is 16.6. The molecule has 18 heavy (non-hydrogen) atoms. The Hall–Kier alpha value is -0.500. The fourth-order valence-electron chi connectivity index (χ4n) is 2.16. The number of ether oxygens (including phenoxy) is 1. The maximum atomic E-state index is 9.30. The standard InChI is InChI=1S/C16H32O2/c1-3-5-6-7-8-9-10-11-12-13-14-15-16(17)18-4-2/h4,16-17H,2-3,5-15H2,1H3. The Morgan fingerprint density at radius 3 is 1.78 bits per heavy atom. The highest BCUT2D eigenvalue weighted by Gasteiger charge is 2.01. The van der Waals surface area contributed by atoms with E-state index in [4.69, 9.17) is 4.74 Å². The lowest BCUT2D eigenvalue weighted by Crippen LogP contribution is -2.07. The van der Waals surface area contributed by atoms with Crippen LogP contribution in [0.3, 0.4) is 0 Å². The van der Waals surface area contributed by atoms with Gasteiger partial charge in [0.2, 0.25) is 0 Å². The topological polar surface area (TPSA) is 29.5 Å². The summed E-state index contributed by atoms with van der Waals surface area (Å²) < 4.78 is 4.85. The van der Waals surface area contributed by atoms with E-state index >= 15 is 0 Å². The molecule has 1 N–H and O–H groups in total. The van der Waals surface area contributed by atoms with Crippen LogP contribution in [-0.4, -0.2) is 11.4 Å². The molecule has 0 aliphatic carbocycles. The van der Waals surface area contributed by atoms with E-state index in [1.54, 1.807) is 0 Å². The second kappa shape index (κ2) is 14.6. The normalized spacial score (nSPS) is 12.3. The van der Waals surface area contributed by atoms with E-state index in [2.05, 4.69) is 13.5 Å². The van der Waals surface area contributed by atoms with Gasteiger partial charge in [-0.2, -0.15) is 0 Å². The highest BCUT2D eigenvalue weighted by molar-refractivity contribution is 4.53. The second-order valence-electron chi connectivity index (χ2n) is 5.08. The van der Waals surface area contributed by atoms with Gasteiger partial charge >= 0.3 is 0 Å². The van der Waals surface area contributed by atoms with E-state index in [1.807, 2.05) is 0 Å². The number of hydrogen-bond donors (Lipinski definition) is 1. The SMILES string of the molecule is C=COC(O)CCCCCCCCCCCCC. The summed E-state index contributed by atoms with van der Waals surface area (Å²) in [5, 5.41) is 9.30. The fraction of sp³-hybridized carbons (Fsp3) is 0.875. The lowest BCUT2D eigenvalue weighted by molar-refractivity contribution is -0.0569. The maximum Gasteiger partial charge on any atom is 0.196 e. The molecule has 0 fully saturated rings. The summed E-state index contributed by atoms with van der Waals surface area (Å²) in [5.74, 6) is 0. The summed E-state index contributed by atoms with van der Waals surface area (Å²) in [6.07, 6.45) is 16.0. The number of unbranched alkanes of at least 4 members (excludes halogenated alkanes) is 10. The average Bonchev–Trinajstić information content (AvgIpc) is 2.36. The summed E-state index contributed by atoms with van der Waals surface area (Å²) in [7, 11) is 0. The van der Waals surface area contributed by atoms with Crippen molar-refractivity contribution < 1.29 is 9.84 Å². The van der Waals surface area contributed by atoms with Crippen LogP contribution in [0.4, 0.5) is 0 Å². The van der Waals surface area contributed by atoms with Crippen LogP contribution in [0, 0.1) is 0 Å². The molecule has 0 aromatic heterocycles. The van der Waals surface area contributed by atoms with E-state index in [-0.39, 0.29) is 0 Å². The first-order valence-electron chi connectivity index (χ1n) is 7.75. The Balaban J connectivity index is 3.00. The van der Waals surface area contributed by atoms with Crippen LogP contribution in [0.25, 0.3) is 0 Å². The molecule has 0 heterocycles. The lowest BCUT2D eigenvalue weighted by Gasteiger charge is -2.09. The smallest absolute Gasteiger partial charge is 0.196 e. The molecule has 1 unspecified atom stereocenters. The first kappa shape index (κ1) is 17.5. The zero-order valence-corrected chi connectivity index (χ0v) is 12.2. The molecule has 2 heteroatoms. The lowest BCUT2D eigenvalue weighted by atomic mass is 10.1. The molecule has 1 atom stereocenters. The molecular formula is C16H32O2. The van der Waals surface area contributed by atoms with Gasteiger partial charge in [0.15, 0.2) is 6.29 Å². The summed E-state index contributed by atoms with van der Waals surface area (Å²) in [4.78, 5) is 0. The van der Waals surface area contributed by atoms with Crippen molar-refractivity contribution in [3.8, 4) is 0 Å². The van der Waals surface area contributed by atoms with Crippen molar-refractivity contribution in [2.75, 3.05) is 0 Å². The summed E-state index contributed by atoms with van der Waals surface area (Å²) in [6, 6.07) is 0. The first-order valence-corrected chi connectivity index (χ1v) is 7.75. The minimum Gasteiger partial charge on any atom is -0.473 e. The van der Waals surface area contributed by atoms with E-state index in [0.29, 0.717) is 0 Å². The molecule has 0 saturated heterocycles. The van der Waals surface area contributed by atoms with Crippen LogP contribution in [0.5, 0.6) is 0 Å². The summed E-state index contributed by atoms with van der Waals surface area (Å²) in [5.41, 5.74) is 0. The molecular weight excluding hydrogens is 224 g/mol. The number of aliphatic hydroxyl groups excluding tert-OH is 1. The molecule has 0 spiro atoms. The monoisotopic (exact) mass is 256 g/mol. The molecule has 108 valence electrons. The maximum absolute atomic E-state index is 9.30. The molecule has 0 amide bonds. The minimum atomic E-state index is -0.652. The molecule has 0 bridgehead atoms. The van der Waals surface area contributed by atoms with Gasteiger partial charge in [0.25, 0.3) is 0 Å². The zero-order valence-electron chi connectivity index (χ0n) is 12.2. The summed E-state index contributed by atoms with van der Waals surface area (Å²) in [6.45, 7) is 5.68. The van der Waals surface area contributed by atoms with Gasteiger partial charge in [-0.15, -0.1) is 0 Å². The van der Waals surface area contributed by atoms with Crippen LogP contribution in [0.1, 0.15) is 84.0 Å². The number of hydrogen-bond acceptors (Lipinski definition) is 2. The third-order valence-corrected chi connectivity index (χ3v) is 3.31. The third kappa shape index (κ3) is 13.6. The molecule has 0 aromatic rings. The van der Waals surface area contributed by atoms with Crippen molar-refractivity contribution in [2.24, 2.45) is 0 Å². The quantitative estimate of drug-likeness (QED) is 0.264. The Kier molecular flexibility index (Phi) is 14.2. The van der Waals surface area contributed by atoms with Gasteiger partial charge in [0.05, 0.1) is 6.26 Å². The van der Waals surface area contributed by atoms with Gasteiger partial charge in [-0.25, -0.2) is 0 Å². The predicted molar refractivity (Wildman–Crippen MR) is 78.4 cm³/mol. The Labute approximate surface area is 113 Å². The van der Waals surface area contributed by atoms with Crippen molar-refractivity contribution >= 4 is 0 Å². The number of rotatable bonds is 14. The third-order valence-electron chi connectivity index (χ3n) is 3.31. The van der Waals surface area contributed by atoms with E-state index in [9.17, 15) is 5.11 Å². The molecule has 0 saturated carbocycles. The molecule has 0 aliphatic heterocycles. The van der Waals surface area contributed by atoms with E-state index < -0.39 is 6.29 Å². The fourth-order valence-corrected chi connectivity index (χ4v) is 2.16. The van der Waals surface area contributed by atoms with Crippen molar-refractivity contribution in [1.82, 2.24) is 0 Å². The van der Waals surface area contributed by atoms with Crippen LogP contribution in [0.2, 0.25) is 0 Å². The van der Waals surface area contributed by atoms with Crippen molar-refractivity contribution in [1.29, 1.82) is 0 Å². The van der Waals surface area contributed by atoms with Crippen molar-refractivity contribution in [3.63, 3.8) is 0 Å². The van der Waals surface area contributed by atoms with Gasteiger partial charge in [-0.05, 0) is 6.42 Å². The summed E-state index contributed by atoms with van der Waals surface area (Å²) >= 11 is 0. The van der Waals surface area contributed by atoms with Crippen molar-refractivity contribution in [2.45, 2.75) is 90.3 Å². The van der Waals surface area contributed by atoms with Gasteiger partial charge in [-0.1, -0.05) is 77.7 Å². The van der Waals surface area contributed by atoms with Gasteiger partial charge in [0.1, 0.15) is 0 Å². The first-order chi connectivity index (χ1) is 8.81. The van der Waals surface area contributed by atoms with Crippen LogP contribution < -0.4 is 0 Å². The van der Waals surface area contributed by atoms with Gasteiger partial charge in [0, 0.05) is 6.42 Å². The second-order valence-corrected chi connectivity index (χ2v) is 5.08. The minimum absolute atomic E-state index is 0.652. The Morgan fingerprint density at radius 2 is 1.33 bits per heavy atom. The van der Waals surface area contributed by atoms with Gasteiger partial charge < -0.3 is 9.84 Å². The molecule has 0 rings (SSSR count). The molecule has 0 aromatic carbocycles. The highest BCUT2D eigenvalue weighted by Crippen LogP contribution is 2.12. The van der Waals surface area contributed by atoms with E-state index in [0.717, 1.165) is 12.8 Å². The predicted octanol–water partition coefficient (Wildman–Crippen LogP) is 5.17. The zero-order chi connectivity index (χ0) is 13.5. The molecule has 0 radical (unpaired) electrons. The van der Waals surface area contributed by atoms with Crippen molar-refractivity contribution in [3.05, 3.63) is 12.8 Å². The van der Waals surface area contributed by atoms with Crippen LogP contribution in [-0.2, 0) is 4.74 Å². The Morgan fingerprint density at radius 1 is 0.889 bits per heavy atom. The molecule has 0 aliphatic rings. The average molecular weight is 256 g/mol. The molecule has 2 nitrogen and oxygen atoms in total. The van der Waals surface area contributed by atoms with Gasteiger partial charge in [-0.3, -0.25) is 0 Å². The van der Waals surface area contributed by atoms with Crippen LogP contribution >= 0.6 is 0 Å². The largest absolute Gasteiger partial charge is 0.473 e. The Bertz CT molecular complexity index is 168. The van der Waals surface area contributed by atoms with Crippen LogP contribution in [0.15, 0.2) is 12.8 Å². The number of aliphatic hydroxyl groups is 1. The van der Waals surface area contributed by atoms with E-state index in [1.165, 1.54) is 70.5 Å².